The Morgan fingerprint density at radius 2 is 1.85 bits per heavy atom. The molecule has 0 aliphatic rings. The van der Waals surface area contributed by atoms with E-state index in [-0.39, 0.29) is 5.91 Å². The zero-order valence-corrected chi connectivity index (χ0v) is 8.14. The Hall–Kier alpha value is -1.51. The Kier molecular flexibility index (Phi) is 2.90. The molecule has 0 bridgehead atoms. The van der Waals surface area contributed by atoms with E-state index in [0.717, 1.165) is 16.9 Å². The van der Waals surface area contributed by atoms with E-state index in [1.54, 1.807) is 0 Å². The molecule has 3 heteroatoms. The average Bonchev–Trinajstić information content (AvgIpc) is 2.01. The Balaban J connectivity index is 2.94. The summed E-state index contributed by atoms with van der Waals surface area (Å²) in [5.74, 6) is -0.0485. The Labute approximate surface area is 78.2 Å². The molecule has 70 valence electrons. The second kappa shape index (κ2) is 3.94. The molecule has 0 aliphatic heterocycles. The van der Waals surface area contributed by atoms with Gasteiger partial charge >= 0.3 is 0 Å². The number of anilines is 2. The summed E-state index contributed by atoms with van der Waals surface area (Å²) in [5.41, 5.74) is 2.95. The molecule has 1 aromatic rings. The van der Waals surface area contributed by atoms with Crippen LogP contribution in [0.2, 0.25) is 0 Å². The first-order valence-corrected chi connectivity index (χ1v) is 4.19. The van der Waals surface area contributed by atoms with Crippen molar-refractivity contribution in [3.63, 3.8) is 0 Å². The van der Waals surface area contributed by atoms with Gasteiger partial charge in [-0.25, -0.2) is 0 Å². The number of carbonyl (C=O) groups is 1. The molecule has 0 fully saturated rings. The van der Waals surface area contributed by atoms with Crippen molar-refractivity contribution in [2.45, 2.75) is 13.8 Å². The summed E-state index contributed by atoms with van der Waals surface area (Å²) in [5, 5.41) is 5.77. The van der Waals surface area contributed by atoms with E-state index in [4.69, 9.17) is 0 Å². The molecule has 3 nitrogen and oxygen atoms in total. The summed E-state index contributed by atoms with van der Waals surface area (Å²) < 4.78 is 0. The topological polar surface area (TPSA) is 41.1 Å². The highest BCUT2D eigenvalue weighted by molar-refractivity contribution is 5.89. The van der Waals surface area contributed by atoms with E-state index in [9.17, 15) is 4.79 Å². The second-order valence-electron chi connectivity index (χ2n) is 3.02. The first-order chi connectivity index (χ1) is 6.11. The van der Waals surface area contributed by atoms with Gasteiger partial charge in [-0.05, 0) is 30.7 Å². The van der Waals surface area contributed by atoms with Crippen molar-refractivity contribution < 1.29 is 4.79 Å². The predicted molar refractivity (Wildman–Crippen MR) is 55.0 cm³/mol. The fourth-order valence-corrected chi connectivity index (χ4v) is 1.20. The van der Waals surface area contributed by atoms with Gasteiger partial charge < -0.3 is 10.6 Å². The van der Waals surface area contributed by atoms with Crippen LogP contribution in [0.1, 0.15) is 12.5 Å². The molecule has 0 aromatic heterocycles. The first-order valence-electron chi connectivity index (χ1n) is 4.19. The number of carbonyl (C=O) groups excluding carboxylic acids is 1. The lowest BCUT2D eigenvalue weighted by atomic mass is 10.2. The molecule has 1 rings (SSSR count). The number of nitrogens with one attached hydrogen (secondary N) is 2. The highest BCUT2D eigenvalue weighted by Gasteiger charge is 1.98. The van der Waals surface area contributed by atoms with Gasteiger partial charge in [0.05, 0.1) is 0 Å². The van der Waals surface area contributed by atoms with Crippen LogP contribution < -0.4 is 10.6 Å². The summed E-state index contributed by atoms with van der Waals surface area (Å²) in [6, 6.07) is 5.85. The van der Waals surface area contributed by atoms with Gasteiger partial charge in [0.2, 0.25) is 5.91 Å². The summed E-state index contributed by atoms with van der Waals surface area (Å²) in [6.07, 6.45) is 0. The molecule has 0 saturated heterocycles. The second-order valence-corrected chi connectivity index (χ2v) is 3.02. The van der Waals surface area contributed by atoms with Crippen molar-refractivity contribution >= 4 is 17.3 Å². The molecule has 13 heavy (non-hydrogen) atoms. The van der Waals surface area contributed by atoms with Crippen molar-refractivity contribution in [2.24, 2.45) is 0 Å². The van der Waals surface area contributed by atoms with Crippen LogP contribution in [0.3, 0.4) is 0 Å². The third-order valence-electron chi connectivity index (χ3n) is 1.69. The van der Waals surface area contributed by atoms with Gasteiger partial charge in [-0.1, -0.05) is 0 Å². The summed E-state index contributed by atoms with van der Waals surface area (Å²) >= 11 is 0. The smallest absolute Gasteiger partial charge is 0.221 e. The number of aryl methyl sites for hydroxylation is 1. The molecule has 0 spiro atoms. The third kappa shape index (κ3) is 2.78. The average molecular weight is 178 g/mol. The van der Waals surface area contributed by atoms with Gasteiger partial charge in [-0.2, -0.15) is 0 Å². The maximum Gasteiger partial charge on any atom is 0.221 e. The summed E-state index contributed by atoms with van der Waals surface area (Å²) in [4.78, 5) is 10.8. The van der Waals surface area contributed by atoms with Gasteiger partial charge in [-0.15, -0.1) is 0 Å². The lowest BCUT2D eigenvalue weighted by molar-refractivity contribution is -0.114. The van der Waals surface area contributed by atoms with Gasteiger partial charge in [0.25, 0.3) is 0 Å². The van der Waals surface area contributed by atoms with E-state index in [2.05, 4.69) is 10.6 Å². The lowest BCUT2D eigenvalue weighted by Gasteiger charge is -2.07. The van der Waals surface area contributed by atoms with Crippen molar-refractivity contribution in [2.75, 3.05) is 17.7 Å². The molecule has 0 unspecified atom stereocenters. The SMILES string of the molecule is CNc1cc(C)cc(NC(C)=O)c1. The minimum absolute atomic E-state index is 0.0485. The fraction of sp³-hybridized carbons (Fsp3) is 0.300. The molecule has 0 aliphatic carbocycles. The van der Waals surface area contributed by atoms with E-state index in [1.165, 1.54) is 6.92 Å². The van der Waals surface area contributed by atoms with Gasteiger partial charge in [0.1, 0.15) is 0 Å². The van der Waals surface area contributed by atoms with E-state index < -0.39 is 0 Å². The largest absolute Gasteiger partial charge is 0.388 e. The highest BCUT2D eigenvalue weighted by Crippen LogP contribution is 2.17. The van der Waals surface area contributed by atoms with Crippen molar-refractivity contribution in [1.82, 2.24) is 0 Å². The van der Waals surface area contributed by atoms with Gasteiger partial charge in [0, 0.05) is 25.3 Å². The van der Waals surface area contributed by atoms with Crippen LogP contribution in [-0.2, 0) is 4.79 Å². The van der Waals surface area contributed by atoms with Crippen molar-refractivity contribution in [3.8, 4) is 0 Å². The molecule has 2 N–H and O–H groups in total. The number of hydrogen-bond donors (Lipinski definition) is 2. The van der Waals surface area contributed by atoms with Crippen LogP contribution in [-0.4, -0.2) is 13.0 Å². The molecule has 0 atom stereocenters. The number of benzene rings is 1. The minimum atomic E-state index is -0.0485. The highest BCUT2D eigenvalue weighted by atomic mass is 16.1. The van der Waals surface area contributed by atoms with E-state index >= 15 is 0 Å². The minimum Gasteiger partial charge on any atom is -0.388 e. The maximum absolute atomic E-state index is 10.8. The normalized spacial score (nSPS) is 9.46. The van der Waals surface area contributed by atoms with Crippen LogP contribution in [0.15, 0.2) is 18.2 Å². The maximum atomic E-state index is 10.8. The quantitative estimate of drug-likeness (QED) is 0.727. The van der Waals surface area contributed by atoms with Crippen LogP contribution in [0.5, 0.6) is 0 Å². The molecule has 1 aromatic carbocycles. The summed E-state index contributed by atoms with van der Waals surface area (Å²) in [7, 11) is 1.85. The molecule has 0 radical (unpaired) electrons. The van der Waals surface area contributed by atoms with Gasteiger partial charge in [0.15, 0.2) is 0 Å². The lowest BCUT2D eigenvalue weighted by Crippen LogP contribution is -2.06. The molecule has 0 heterocycles. The number of rotatable bonds is 2. The monoisotopic (exact) mass is 178 g/mol. The molecule has 0 saturated carbocycles. The number of hydrogen-bond acceptors (Lipinski definition) is 2. The van der Waals surface area contributed by atoms with Crippen LogP contribution in [0.25, 0.3) is 0 Å². The summed E-state index contributed by atoms with van der Waals surface area (Å²) in [6.45, 7) is 3.49. The standard InChI is InChI=1S/C10H14N2O/c1-7-4-9(11-3)6-10(5-7)12-8(2)13/h4-6,11H,1-3H3,(H,12,13). The van der Waals surface area contributed by atoms with E-state index in [1.807, 2.05) is 32.2 Å². The predicted octanol–water partition coefficient (Wildman–Crippen LogP) is 2.00. The molecule has 1 amide bonds. The van der Waals surface area contributed by atoms with Crippen molar-refractivity contribution in [1.29, 1.82) is 0 Å². The van der Waals surface area contributed by atoms with E-state index in [0.29, 0.717) is 0 Å². The Morgan fingerprint density at radius 3 is 2.38 bits per heavy atom. The van der Waals surface area contributed by atoms with Crippen LogP contribution in [0, 0.1) is 6.92 Å². The zero-order valence-electron chi connectivity index (χ0n) is 8.14. The van der Waals surface area contributed by atoms with Gasteiger partial charge in [-0.3, -0.25) is 4.79 Å². The fourth-order valence-electron chi connectivity index (χ4n) is 1.20. The molecular weight excluding hydrogens is 164 g/mol. The first kappa shape index (κ1) is 9.58. The zero-order chi connectivity index (χ0) is 9.84. The molecular formula is C10H14N2O. The van der Waals surface area contributed by atoms with Crippen LogP contribution >= 0.6 is 0 Å². The van der Waals surface area contributed by atoms with Crippen LogP contribution in [0.4, 0.5) is 11.4 Å². The van der Waals surface area contributed by atoms with Crippen molar-refractivity contribution in [3.05, 3.63) is 23.8 Å². The Bertz CT molecular complexity index is 321. The Morgan fingerprint density at radius 1 is 1.23 bits per heavy atom. The third-order valence-corrected chi connectivity index (χ3v) is 1.69. The number of amides is 1.